The minimum atomic E-state index is -0.415. The van der Waals surface area contributed by atoms with Crippen molar-refractivity contribution in [1.29, 1.82) is 0 Å². The van der Waals surface area contributed by atoms with Gasteiger partial charge in [-0.1, -0.05) is 26.1 Å². The first-order valence-electron chi connectivity index (χ1n) is 5.20. The first kappa shape index (κ1) is 13.4. The summed E-state index contributed by atoms with van der Waals surface area (Å²) in [5, 5.41) is 11.9. The smallest absolute Gasteiger partial charge is 0.251 e. The molecule has 5 heteroatoms. The molecule has 0 unspecified atom stereocenters. The van der Waals surface area contributed by atoms with E-state index in [2.05, 4.69) is 5.32 Å². The minimum Gasteiger partial charge on any atom is -0.508 e. The number of benzene rings is 1. The zero-order valence-corrected chi connectivity index (χ0v) is 10.7. The van der Waals surface area contributed by atoms with Crippen molar-refractivity contribution in [3.63, 3.8) is 0 Å². The summed E-state index contributed by atoms with van der Waals surface area (Å²) in [5.41, 5.74) is 5.63. The van der Waals surface area contributed by atoms with Gasteiger partial charge in [0.15, 0.2) is 0 Å². The molecule has 1 aromatic carbocycles. The van der Waals surface area contributed by atoms with Crippen molar-refractivity contribution in [1.82, 2.24) is 5.32 Å². The van der Waals surface area contributed by atoms with Gasteiger partial charge in [-0.15, -0.1) is 0 Å². The Morgan fingerprint density at radius 3 is 2.41 bits per heavy atom. The van der Waals surface area contributed by atoms with Gasteiger partial charge in [-0.05, 0) is 24.3 Å². The molecular formula is C12H16N2O2S. The van der Waals surface area contributed by atoms with Crippen molar-refractivity contribution in [2.75, 3.05) is 6.54 Å². The van der Waals surface area contributed by atoms with E-state index in [1.165, 1.54) is 12.1 Å². The summed E-state index contributed by atoms with van der Waals surface area (Å²) in [5.74, 6) is -0.0839. The van der Waals surface area contributed by atoms with E-state index in [4.69, 9.17) is 23.1 Å². The Kier molecular flexibility index (Phi) is 4.07. The van der Waals surface area contributed by atoms with Crippen LogP contribution < -0.4 is 11.1 Å². The summed E-state index contributed by atoms with van der Waals surface area (Å²) >= 11 is 4.91. The third kappa shape index (κ3) is 3.71. The Morgan fingerprint density at radius 2 is 1.94 bits per heavy atom. The number of hydrogen-bond acceptors (Lipinski definition) is 3. The van der Waals surface area contributed by atoms with E-state index in [0.717, 1.165) is 0 Å². The maximum Gasteiger partial charge on any atom is 0.251 e. The molecule has 0 aliphatic heterocycles. The van der Waals surface area contributed by atoms with Crippen molar-refractivity contribution in [3.8, 4) is 5.75 Å². The Hall–Kier alpha value is -1.62. The predicted octanol–water partition coefficient (Wildman–Crippen LogP) is 1.43. The lowest BCUT2D eigenvalue weighted by Gasteiger charge is -2.23. The zero-order chi connectivity index (χ0) is 13.1. The highest BCUT2D eigenvalue weighted by Gasteiger charge is 2.22. The average molecular weight is 252 g/mol. The Bertz CT molecular complexity index is 427. The molecule has 1 aromatic rings. The van der Waals surface area contributed by atoms with Gasteiger partial charge in [0, 0.05) is 17.5 Å². The van der Waals surface area contributed by atoms with Crippen LogP contribution >= 0.6 is 12.2 Å². The lowest BCUT2D eigenvalue weighted by molar-refractivity contribution is 0.0945. The molecule has 1 rings (SSSR count). The minimum absolute atomic E-state index is 0.130. The predicted molar refractivity (Wildman–Crippen MR) is 71.0 cm³/mol. The summed E-state index contributed by atoms with van der Waals surface area (Å²) in [4.78, 5) is 12.1. The van der Waals surface area contributed by atoms with Crippen LogP contribution in [0.4, 0.5) is 0 Å². The molecule has 0 radical (unpaired) electrons. The zero-order valence-electron chi connectivity index (χ0n) is 9.86. The summed E-state index contributed by atoms with van der Waals surface area (Å²) < 4.78 is 0. The molecule has 0 aliphatic carbocycles. The van der Waals surface area contributed by atoms with Crippen LogP contribution in [-0.2, 0) is 0 Å². The summed E-state index contributed by atoms with van der Waals surface area (Å²) in [6, 6.07) is 6.04. The number of thiocarbonyl (C=S) groups is 1. The summed E-state index contributed by atoms with van der Waals surface area (Å²) in [7, 11) is 0. The van der Waals surface area contributed by atoms with Crippen LogP contribution in [0.5, 0.6) is 5.75 Å². The molecule has 0 bridgehead atoms. The standard InChI is InChI=1S/C12H16N2O2S/c1-12(2,11(13)17)7-14-10(16)8-3-5-9(15)6-4-8/h3-6,15H,7H2,1-2H3,(H2,13,17)(H,14,16). The number of amides is 1. The third-order valence-corrected chi connectivity index (χ3v) is 3.04. The van der Waals surface area contributed by atoms with Gasteiger partial charge < -0.3 is 16.2 Å². The van der Waals surface area contributed by atoms with Crippen LogP contribution in [0.25, 0.3) is 0 Å². The topological polar surface area (TPSA) is 75.3 Å². The fourth-order valence-electron chi connectivity index (χ4n) is 1.10. The molecule has 4 N–H and O–H groups in total. The van der Waals surface area contributed by atoms with E-state index in [9.17, 15) is 4.79 Å². The highest BCUT2D eigenvalue weighted by atomic mass is 32.1. The number of carbonyl (C=O) groups excluding carboxylic acids is 1. The molecule has 0 spiro atoms. The van der Waals surface area contributed by atoms with Crippen LogP contribution in [0.2, 0.25) is 0 Å². The van der Waals surface area contributed by atoms with E-state index in [0.29, 0.717) is 17.1 Å². The van der Waals surface area contributed by atoms with Crippen molar-refractivity contribution < 1.29 is 9.90 Å². The first-order valence-corrected chi connectivity index (χ1v) is 5.61. The number of rotatable bonds is 4. The van der Waals surface area contributed by atoms with Crippen molar-refractivity contribution >= 4 is 23.1 Å². The largest absolute Gasteiger partial charge is 0.508 e. The van der Waals surface area contributed by atoms with Gasteiger partial charge in [-0.2, -0.15) is 0 Å². The van der Waals surface area contributed by atoms with Crippen LogP contribution in [0, 0.1) is 5.41 Å². The number of phenols is 1. The highest BCUT2D eigenvalue weighted by Crippen LogP contribution is 2.14. The molecule has 1 amide bonds. The second kappa shape index (κ2) is 5.14. The molecule has 0 fully saturated rings. The van der Waals surface area contributed by atoms with Crippen LogP contribution in [0.15, 0.2) is 24.3 Å². The number of aromatic hydroxyl groups is 1. The molecule has 17 heavy (non-hydrogen) atoms. The maximum atomic E-state index is 11.7. The van der Waals surface area contributed by atoms with Gasteiger partial charge in [-0.3, -0.25) is 4.79 Å². The first-order chi connectivity index (χ1) is 7.83. The number of hydrogen-bond donors (Lipinski definition) is 3. The summed E-state index contributed by atoms with van der Waals surface area (Å²) in [6.07, 6.45) is 0. The number of carbonyl (C=O) groups is 1. The summed E-state index contributed by atoms with van der Waals surface area (Å²) in [6.45, 7) is 4.11. The van der Waals surface area contributed by atoms with E-state index in [-0.39, 0.29) is 11.7 Å². The molecule has 0 heterocycles. The molecule has 92 valence electrons. The third-order valence-electron chi connectivity index (χ3n) is 2.49. The highest BCUT2D eigenvalue weighted by molar-refractivity contribution is 7.80. The lowest BCUT2D eigenvalue weighted by atomic mass is 9.93. The molecule has 0 atom stereocenters. The average Bonchev–Trinajstić information content (AvgIpc) is 2.27. The van der Waals surface area contributed by atoms with Gasteiger partial charge in [0.1, 0.15) is 5.75 Å². The molecule has 4 nitrogen and oxygen atoms in total. The Morgan fingerprint density at radius 1 is 1.41 bits per heavy atom. The SMILES string of the molecule is CC(C)(CNC(=O)c1ccc(O)cc1)C(N)=S. The molecular weight excluding hydrogens is 236 g/mol. The monoisotopic (exact) mass is 252 g/mol. The van der Waals surface area contributed by atoms with Crippen LogP contribution in [0.3, 0.4) is 0 Å². The van der Waals surface area contributed by atoms with Gasteiger partial charge in [0.2, 0.25) is 0 Å². The number of phenolic OH excluding ortho intramolecular Hbond substituents is 1. The Labute approximate surface area is 106 Å². The van der Waals surface area contributed by atoms with E-state index in [1.54, 1.807) is 12.1 Å². The normalized spacial score (nSPS) is 10.9. The van der Waals surface area contributed by atoms with Crippen molar-refractivity contribution in [3.05, 3.63) is 29.8 Å². The second-order valence-electron chi connectivity index (χ2n) is 4.48. The van der Waals surface area contributed by atoms with Gasteiger partial charge >= 0.3 is 0 Å². The molecule has 0 saturated carbocycles. The van der Waals surface area contributed by atoms with Crippen molar-refractivity contribution in [2.24, 2.45) is 11.1 Å². The van der Waals surface area contributed by atoms with Gasteiger partial charge in [0.05, 0.1) is 4.99 Å². The molecule has 0 aliphatic rings. The fraction of sp³-hybridized carbons (Fsp3) is 0.333. The van der Waals surface area contributed by atoms with Gasteiger partial charge in [-0.25, -0.2) is 0 Å². The number of nitrogens with two attached hydrogens (primary N) is 1. The van der Waals surface area contributed by atoms with Crippen molar-refractivity contribution in [2.45, 2.75) is 13.8 Å². The van der Waals surface area contributed by atoms with Gasteiger partial charge in [0.25, 0.3) is 5.91 Å². The van der Waals surface area contributed by atoms with E-state index >= 15 is 0 Å². The lowest BCUT2D eigenvalue weighted by Crippen LogP contribution is -2.41. The molecule has 0 aromatic heterocycles. The fourth-order valence-corrected chi connectivity index (χ4v) is 1.18. The molecule has 0 saturated heterocycles. The van der Waals surface area contributed by atoms with Crippen LogP contribution in [-0.4, -0.2) is 22.5 Å². The Balaban J connectivity index is 2.62. The van der Waals surface area contributed by atoms with E-state index < -0.39 is 5.41 Å². The second-order valence-corrected chi connectivity index (χ2v) is 4.92. The quantitative estimate of drug-likeness (QED) is 0.709. The van der Waals surface area contributed by atoms with E-state index in [1.807, 2.05) is 13.8 Å². The van der Waals surface area contributed by atoms with Crippen LogP contribution in [0.1, 0.15) is 24.2 Å². The maximum absolute atomic E-state index is 11.7. The number of nitrogens with one attached hydrogen (secondary N) is 1.